The highest BCUT2D eigenvalue weighted by molar-refractivity contribution is 7.80. The van der Waals surface area contributed by atoms with Gasteiger partial charge in [-0.05, 0) is 61.7 Å². The number of aromatic nitrogens is 2. The van der Waals surface area contributed by atoms with Gasteiger partial charge in [0.2, 0.25) is 0 Å². The molecule has 0 amide bonds. The first kappa shape index (κ1) is 17.2. The van der Waals surface area contributed by atoms with Crippen LogP contribution in [-0.4, -0.2) is 25.6 Å². The van der Waals surface area contributed by atoms with Crippen molar-refractivity contribution in [3.8, 4) is 0 Å². The van der Waals surface area contributed by atoms with E-state index in [1.54, 1.807) is 0 Å². The molecule has 5 rings (SSSR count). The first-order valence-electron chi connectivity index (χ1n) is 10.5. The zero-order chi connectivity index (χ0) is 18.2. The monoisotopic (exact) mass is 380 g/mol. The molecule has 3 heterocycles. The summed E-state index contributed by atoms with van der Waals surface area (Å²) in [7, 11) is 0. The molecule has 4 nitrogen and oxygen atoms in total. The van der Waals surface area contributed by atoms with Crippen LogP contribution in [0.1, 0.15) is 80.7 Å². The Morgan fingerprint density at radius 3 is 2.41 bits per heavy atom. The molecule has 3 aliphatic rings. The van der Waals surface area contributed by atoms with Gasteiger partial charge < -0.3 is 14.8 Å². The van der Waals surface area contributed by atoms with E-state index in [-0.39, 0.29) is 12.1 Å². The van der Waals surface area contributed by atoms with Crippen molar-refractivity contribution in [3.63, 3.8) is 0 Å². The third-order valence-corrected chi connectivity index (χ3v) is 7.01. The lowest BCUT2D eigenvalue weighted by Crippen LogP contribution is -2.37. The fourth-order valence-corrected chi connectivity index (χ4v) is 5.72. The van der Waals surface area contributed by atoms with Crippen LogP contribution in [0.3, 0.4) is 0 Å². The predicted octanol–water partition coefficient (Wildman–Crippen LogP) is 4.91. The lowest BCUT2D eigenvalue weighted by Gasteiger charge is -2.32. The van der Waals surface area contributed by atoms with Crippen molar-refractivity contribution in [2.45, 2.75) is 75.5 Å². The Bertz CT molecular complexity index is 790. The van der Waals surface area contributed by atoms with E-state index in [1.807, 2.05) is 12.3 Å². The summed E-state index contributed by atoms with van der Waals surface area (Å²) in [6.45, 7) is 0. The topological polar surface area (TPSA) is 33.1 Å². The van der Waals surface area contributed by atoms with Crippen LogP contribution >= 0.6 is 12.2 Å². The maximum absolute atomic E-state index is 5.83. The Morgan fingerprint density at radius 2 is 1.70 bits per heavy atom. The number of hydrogen-bond acceptors (Lipinski definition) is 2. The largest absolute Gasteiger partial charge is 0.352 e. The second-order valence-electron chi connectivity index (χ2n) is 8.30. The number of hydrogen-bond donors (Lipinski definition) is 1. The van der Waals surface area contributed by atoms with Crippen molar-refractivity contribution in [3.05, 3.63) is 54.1 Å². The summed E-state index contributed by atoms with van der Waals surface area (Å²) in [6.07, 6.45) is 17.0. The normalized spacial score (nSPS) is 26.8. The van der Waals surface area contributed by atoms with Crippen molar-refractivity contribution in [2.75, 3.05) is 0 Å². The summed E-state index contributed by atoms with van der Waals surface area (Å²) in [5, 5.41) is 4.51. The number of thiocarbonyl (C=S) groups is 1. The molecule has 5 heteroatoms. The molecule has 1 aliphatic heterocycles. The maximum Gasteiger partial charge on any atom is 0.170 e. The van der Waals surface area contributed by atoms with Gasteiger partial charge in [0.15, 0.2) is 5.11 Å². The molecular weight excluding hydrogens is 352 g/mol. The van der Waals surface area contributed by atoms with Gasteiger partial charge in [0.25, 0.3) is 0 Å². The van der Waals surface area contributed by atoms with E-state index < -0.39 is 0 Å². The molecule has 0 radical (unpaired) electrons. The lowest BCUT2D eigenvalue weighted by atomic mass is 9.97. The smallest absolute Gasteiger partial charge is 0.170 e. The van der Waals surface area contributed by atoms with Crippen molar-refractivity contribution in [1.82, 2.24) is 19.8 Å². The fraction of sp³-hybridized carbons (Fsp3) is 0.545. The van der Waals surface area contributed by atoms with Gasteiger partial charge in [-0.1, -0.05) is 31.7 Å². The van der Waals surface area contributed by atoms with Crippen molar-refractivity contribution in [2.24, 2.45) is 0 Å². The second-order valence-corrected chi connectivity index (χ2v) is 8.69. The molecule has 2 aromatic heterocycles. The first-order chi connectivity index (χ1) is 13.3. The average molecular weight is 381 g/mol. The molecule has 2 atom stereocenters. The summed E-state index contributed by atoms with van der Waals surface area (Å²) in [6, 6.07) is 10.1. The van der Waals surface area contributed by atoms with Crippen LogP contribution in [-0.2, 0) is 0 Å². The number of rotatable bonds is 4. The van der Waals surface area contributed by atoms with Crippen LogP contribution in [0.5, 0.6) is 0 Å². The Kier molecular flexibility index (Phi) is 4.64. The minimum atomic E-state index is 0.124. The van der Waals surface area contributed by atoms with Crippen molar-refractivity contribution < 1.29 is 0 Å². The van der Waals surface area contributed by atoms with E-state index in [0.717, 1.165) is 10.8 Å². The molecule has 142 valence electrons. The lowest BCUT2D eigenvalue weighted by molar-refractivity contribution is 0.245. The van der Waals surface area contributed by atoms with Crippen molar-refractivity contribution >= 4 is 17.3 Å². The van der Waals surface area contributed by atoms with Crippen LogP contribution < -0.4 is 5.32 Å². The Balaban J connectivity index is 1.51. The van der Waals surface area contributed by atoms with Gasteiger partial charge in [-0.25, -0.2) is 0 Å². The Morgan fingerprint density at radius 1 is 0.963 bits per heavy atom. The number of pyridine rings is 1. The Labute approximate surface area is 167 Å². The minimum Gasteiger partial charge on any atom is -0.352 e. The molecule has 0 spiro atoms. The zero-order valence-electron chi connectivity index (χ0n) is 15.8. The summed E-state index contributed by atoms with van der Waals surface area (Å²) in [5.41, 5.74) is 2.45. The summed E-state index contributed by atoms with van der Waals surface area (Å²) >= 11 is 5.83. The van der Waals surface area contributed by atoms with E-state index in [1.165, 1.54) is 56.9 Å². The van der Waals surface area contributed by atoms with Crippen LogP contribution in [0.15, 0.2) is 42.9 Å². The third kappa shape index (κ3) is 3.16. The molecule has 0 bridgehead atoms. The van der Waals surface area contributed by atoms with Gasteiger partial charge in [0.05, 0.1) is 17.8 Å². The van der Waals surface area contributed by atoms with E-state index in [4.69, 9.17) is 12.2 Å². The zero-order valence-corrected chi connectivity index (χ0v) is 16.6. The quantitative estimate of drug-likeness (QED) is 0.764. The van der Waals surface area contributed by atoms with E-state index in [2.05, 4.69) is 50.4 Å². The van der Waals surface area contributed by atoms with Crippen LogP contribution in [0.4, 0.5) is 0 Å². The molecule has 3 fully saturated rings. The van der Waals surface area contributed by atoms with Gasteiger partial charge in [-0.15, -0.1) is 0 Å². The SMILES string of the molecule is S=C1NC(c2ccccn2)C(c2ccn(C3CCCC3)c2)N1C1CCCC1. The van der Waals surface area contributed by atoms with Gasteiger partial charge in [0, 0.05) is 30.7 Å². The molecule has 2 unspecified atom stereocenters. The van der Waals surface area contributed by atoms with E-state index >= 15 is 0 Å². The Hall–Kier alpha value is -1.88. The summed E-state index contributed by atoms with van der Waals surface area (Å²) < 4.78 is 2.45. The summed E-state index contributed by atoms with van der Waals surface area (Å²) in [5.74, 6) is 0. The maximum atomic E-state index is 5.83. The van der Waals surface area contributed by atoms with Crippen LogP contribution in [0.2, 0.25) is 0 Å². The van der Waals surface area contributed by atoms with Gasteiger partial charge in [0.1, 0.15) is 0 Å². The second kappa shape index (κ2) is 7.27. The molecular formula is C22H28N4S. The standard InChI is InChI=1S/C22H28N4S/c27-22-24-20(19-11-5-6-13-23-19)21(26(22)18-9-3-4-10-18)16-12-14-25(15-16)17-7-1-2-8-17/h5-6,11-15,17-18,20-21H,1-4,7-10H2,(H,24,27). The highest BCUT2D eigenvalue weighted by Crippen LogP contribution is 2.43. The van der Waals surface area contributed by atoms with Gasteiger partial charge in [-0.3, -0.25) is 4.98 Å². The van der Waals surface area contributed by atoms with Crippen molar-refractivity contribution in [1.29, 1.82) is 0 Å². The van der Waals surface area contributed by atoms with Gasteiger partial charge >= 0.3 is 0 Å². The number of nitrogens with one attached hydrogen (secondary N) is 1. The molecule has 0 aromatic carbocycles. The third-order valence-electron chi connectivity index (χ3n) is 6.68. The van der Waals surface area contributed by atoms with Gasteiger partial charge in [-0.2, -0.15) is 0 Å². The first-order valence-corrected chi connectivity index (χ1v) is 10.9. The molecule has 1 saturated heterocycles. The molecule has 2 aromatic rings. The molecule has 27 heavy (non-hydrogen) atoms. The highest BCUT2D eigenvalue weighted by atomic mass is 32.1. The number of nitrogens with zero attached hydrogens (tertiary/aromatic N) is 3. The molecule has 2 saturated carbocycles. The fourth-order valence-electron chi connectivity index (χ4n) is 5.33. The van der Waals surface area contributed by atoms with Crippen LogP contribution in [0, 0.1) is 0 Å². The van der Waals surface area contributed by atoms with E-state index in [0.29, 0.717) is 12.1 Å². The minimum absolute atomic E-state index is 0.124. The summed E-state index contributed by atoms with van der Waals surface area (Å²) in [4.78, 5) is 7.16. The average Bonchev–Trinajstić information content (AvgIpc) is 3.46. The molecule has 2 aliphatic carbocycles. The molecule has 1 N–H and O–H groups in total. The van der Waals surface area contributed by atoms with E-state index in [9.17, 15) is 0 Å². The highest BCUT2D eigenvalue weighted by Gasteiger charge is 2.43. The van der Waals surface area contributed by atoms with Crippen LogP contribution in [0.25, 0.3) is 0 Å². The predicted molar refractivity (Wildman–Crippen MR) is 111 cm³/mol.